The minimum Gasteiger partial charge on any atom is -0.361 e. The first-order valence-electron chi connectivity index (χ1n) is 6.64. The summed E-state index contributed by atoms with van der Waals surface area (Å²) < 4.78 is 0.990. The van der Waals surface area contributed by atoms with Gasteiger partial charge in [0.15, 0.2) is 0 Å². The first kappa shape index (κ1) is 14.3. The lowest BCUT2D eigenvalue weighted by Crippen LogP contribution is -2.24. The van der Waals surface area contributed by atoms with Gasteiger partial charge in [-0.2, -0.15) is 5.10 Å². The van der Waals surface area contributed by atoms with Gasteiger partial charge in [-0.1, -0.05) is 34.1 Å². The molecule has 1 heterocycles. The largest absolute Gasteiger partial charge is 0.361 e. The molecule has 0 aliphatic heterocycles. The number of halogens is 1. The monoisotopic (exact) mass is 356 g/mol. The zero-order chi connectivity index (χ0) is 15.4. The fraction of sp³-hybridized carbons (Fsp3) is 0. The number of hydrogen-bond donors (Lipinski definition) is 3. The molecule has 0 spiro atoms. The second-order valence-corrected chi connectivity index (χ2v) is 5.54. The summed E-state index contributed by atoms with van der Waals surface area (Å²) in [7, 11) is 0. The second kappa shape index (κ2) is 6.44. The number of hydrogen-bond acceptors (Lipinski definition) is 2. The van der Waals surface area contributed by atoms with Crippen molar-refractivity contribution in [3.05, 3.63) is 64.8 Å². The summed E-state index contributed by atoms with van der Waals surface area (Å²) in [6, 6.07) is 14.8. The lowest BCUT2D eigenvalue weighted by atomic mass is 10.2. The number of benzene rings is 2. The molecule has 0 fully saturated rings. The highest BCUT2D eigenvalue weighted by molar-refractivity contribution is 9.10. The maximum atomic E-state index is 11.7. The van der Waals surface area contributed by atoms with Crippen LogP contribution in [-0.2, 0) is 0 Å². The zero-order valence-electron chi connectivity index (χ0n) is 11.5. The summed E-state index contributed by atoms with van der Waals surface area (Å²) >= 11 is 3.44. The van der Waals surface area contributed by atoms with Crippen molar-refractivity contribution in [3.63, 3.8) is 0 Å². The number of carbonyl (C=O) groups excluding carboxylic acids is 1. The molecular weight excluding hydrogens is 344 g/mol. The summed E-state index contributed by atoms with van der Waals surface area (Å²) in [5.74, 6) is 0. The minimum absolute atomic E-state index is 0.386. The van der Waals surface area contributed by atoms with E-state index in [4.69, 9.17) is 0 Å². The number of para-hydroxylation sites is 1. The molecule has 6 heteroatoms. The number of nitrogens with one attached hydrogen (secondary N) is 3. The van der Waals surface area contributed by atoms with E-state index in [1.807, 2.05) is 42.6 Å². The molecule has 3 rings (SSSR count). The highest BCUT2D eigenvalue weighted by Crippen LogP contribution is 2.21. The molecule has 0 bridgehead atoms. The molecule has 0 saturated heterocycles. The third kappa shape index (κ3) is 3.35. The Morgan fingerprint density at radius 1 is 1.18 bits per heavy atom. The fourth-order valence-electron chi connectivity index (χ4n) is 2.06. The van der Waals surface area contributed by atoms with Crippen LogP contribution in [0.25, 0.3) is 10.9 Å². The van der Waals surface area contributed by atoms with Gasteiger partial charge in [0.2, 0.25) is 0 Å². The summed E-state index contributed by atoms with van der Waals surface area (Å²) in [6.45, 7) is 0. The molecule has 0 radical (unpaired) electrons. The SMILES string of the molecule is O=C(NN=Cc1c[nH]c2ccc(Br)cc12)Nc1ccccc1. The van der Waals surface area contributed by atoms with Crippen molar-refractivity contribution in [1.82, 2.24) is 10.4 Å². The van der Waals surface area contributed by atoms with E-state index < -0.39 is 0 Å². The van der Waals surface area contributed by atoms with Gasteiger partial charge in [0.05, 0.1) is 6.21 Å². The predicted octanol–water partition coefficient (Wildman–Crippen LogP) is 4.09. The van der Waals surface area contributed by atoms with Gasteiger partial charge >= 0.3 is 6.03 Å². The Morgan fingerprint density at radius 3 is 2.82 bits per heavy atom. The van der Waals surface area contributed by atoms with Crippen molar-refractivity contribution in [3.8, 4) is 0 Å². The van der Waals surface area contributed by atoms with Crippen molar-refractivity contribution in [2.75, 3.05) is 5.32 Å². The van der Waals surface area contributed by atoms with Crippen LogP contribution < -0.4 is 10.7 Å². The van der Waals surface area contributed by atoms with Gasteiger partial charge < -0.3 is 10.3 Å². The molecule has 2 amide bonds. The minimum atomic E-state index is -0.386. The first-order chi connectivity index (χ1) is 10.7. The first-order valence-corrected chi connectivity index (χ1v) is 7.43. The van der Waals surface area contributed by atoms with Gasteiger partial charge in [-0.15, -0.1) is 0 Å². The number of anilines is 1. The van der Waals surface area contributed by atoms with E-state index in [0.717, 1.165) is 20.9 Å². The molecule has 0 aliphatic rings. The predicted molar refractivity (Wildman–Crippen MR) is 92.2 cm³/mol. The van der Waals surface area contributed by atoms with Gasteiger partial charge in [-0.05, 0) is 30.3 Å². The fourth-order valence-corrected chi connectivity index (χ4v) is 2.42. The lowest BCUT2D eigenvalue weighted by molar-refractivity contribution is 0.252. The van der Waals surface area contributed by atoms with Crippen LogP contribution in [0.3, 0.4) is 0 Å². The van der Waals surface area contributed by atoms with Crippen LogP contribution >= 0.6 is 15.9 Å². The van der Waals surface area contributed by atoms with Crippen molar-refractivity contribution in [2.45, 2.75) is 0 Å². The molecule has 3 N–H and O–H groups in total. The quantitative estimate of drug-likeness (QED) is 0.480. The number of fused-ring (bicyclic) bond motifs is 1. The Morgan fingerprint density at radius 2 is 2.00 bits per heavy atom. The number of aromatic amines is 1. The number of rotatable bonds is 3. The van der Waals surface area contributed by atoms with Crippen LogP contribution in [0.5, 0.6) is 0 Å². The smallest absolute Gasteiger partial charge is 0.339 e. The number of nitrogens with zero attached hydrogens (tertiary/aromatic N) is 1. The Labute approximate surface area is 135 Å². The molecule has 0 saturated carbocycles. The van der Waals surface area contributed by atoms with E-state index in [2.05, 4.69) is 36.8 Å². The lowest BCUT2D eigenvalue weighted by Gasteiger charge is -2.02. The van der Waals surface area contributed by atoms with E-state index in [1.54, 1.807) is 18.3 Å². The van der Waals surface area contributed by atoms with Crippen LogP contribution in [0.1, 0.15) is 5.56 Å². The third-order valence-electron chi connectivity index (χ3n) is 3.08. The van der Waals surface area contributed by atoms with Gasteiger partial charge in [-0.3, -0.25) is 0 Å². The van der Waals surface area contributed by atoms with Gasteiger partial charge in [0.25, 0.3) is 0 Å². The van der Waals surface area contributed by atoms with Crippen LogP contribution in [0.4, 0.5) is 10.5 Å². The highest BCUT2D eigenvalue weighted by Gasteiger charge is 2.02. The van der Waals surface area contributed by atoms with Crippen LogP contribution in [0.2, 0.25) is 0 Å². The number of amides is 2. The number of H-pyrrole nitrogens is 1. The average molecular weight is 357 g/mol. The van der Waals surface area contributed by atoms with Crippen LogP contribution in [0, 0.1) is 0 Å². The molecule has 22 heavy (non-hydrogen) atoms. The number of urea groups is 1. The standard InChI is InChI=1S/C16H13BrN4O/c17-12-6-7-15-14(8-12)11(9-18-15)10-19-21-16(22)20-13-4-2-1-3-5-13/h1-10,18H,(H2,20,21,22). The molecule has 0 atom stereocenters. The van der Waals surface area contributed by atoms with Gasteiger partial charge in [0, 0.05) is 32.8 Å². The van der Waals surface area contributed by atoms with Crippen LogP contribution in [-0.4, -0.2) is 17.2 Å². The van der Waals surface area contributed by atoms with Gasteiger partial charge in [0.1, 0.15) is 0 Å². The van der Waals surface area contributed by atoms with E-state index in [9.17, 15) is 4.79 Å². The summed E-state index contributed by atoms with van der Waals surface area (Å²) in [4.78, 5) is 14.9. The molecule has 0 unspecified atom stereocenters. The Kier molecular flexibility index (Phi) is 4.20. The molecule has 5 nitrogen and oxygen atoms in total. The third-order valence-corrected chi connectivity index (χ3v) is 3.57. The van der Waals surface area contributed by atoms with Crippen molar-refractivity contribution < 1.29 is 4.79 Å². The molecular formula is C16H13BrN4O. The normalized spacial score (nSPS) is 11.0. The number of carbonyl (C=O) groups is 1. The highest BCUT2D eigenvalue weighted by atomic mass is 79.9. The van der Waals surface area contributed by atoms with E-state index in [0.29, 0.717) is 5.69 Å². The van der Waals surface area contributed by atoms with Crippen molar-refractivity contribution in [2.24, 2.45) is 5.10 Å². The summed E-state index contributed by atoms with van der Waals surface area (Å²) in [5, 5.41) is 7.69. The molecule has 110 valence electrons. The molecule has 2 aromatic carbocycles. The van der Waals surface area contributed by atoms with E-state index in [1.165, 1.54) is 0 Å². The summed E-state index contributed by atoms with van der Waals surface area (Å²) in [6.07, 6.45) is 3.45. The molecule has 3 aromatic rings. The average Bonchev–Trinajstić information content (AvgIpc) is 2.91. The maximum absolute atomic E-state index is 11.7. The Hall–Kier alpha value is -2.60. The number of aromatic nitrogens is 1. The topological polar surface area (TPSA) is 69.3 Å². The second-order valence-electron chi connectivity index (χ2n) is 4.62. The van der Waals surface area contributed by atoms with Crippen molar-refractivity contribution >= 4 is 44.8 Å². The zero-order valence-corrected chi connectivity index (χ0v) is 13.1. The molecule has 0 aliphatic carbocycles. The van der Waals surface area contributed by atoms with Gasteiger partial charge in [-0.25, -0.2) is 10.2 Å². The number of hydrazone groups is 1. The summed E-state index contributed by atoms with van der Waals surface area (Å²) in [5.41, 5.74) is 5.07. The molecule has 1 aromatic heterocycles. The van der Waals surface area contributed by atoms with Crippen LogP contribution in [0.15, 0.2) is 64.3 Å². The Bertz CT molecular complexity index is 827. The van der Waals surface area contributed by atoms with Crippen molar-refractivity contribution in [1.29, 1.82) is 0 Å². The van der Waals surface area contributed by atoms with E-state index in [-0.39, 0.29) is 6.03 Å². The Balaban J connectivity index is 1.66. The van der Waals surface area contributed by atoms with E-state index >= 15 is 0 Å². The maximum Gasteiger partial charge on any atom is 0.339 e.